The number of benzene rings is 1. The van der Waals surface area contributed by atoms with Crippen LogP contribution in [0.1, 0.15) is 69.1 Å². The van der Waals surface area contributed by atoms with Crippen molar-refractivity contribution in [3.8, 4) is 0 Å². The molecule has 1 aromatic rings. The van der Waals surface area contributed by atoms with Crippen molar-refractivity contribution in [1.29, 1.82) is 0 Å². The first kappa shape index (κ1) is 15.1. The quantitative estimate of drug-likeness (QED) is 0.874. The van der Waals surface area contributed by atoms with Crippen LogP contribution >= 0.6 is 0 Å². The summed E-state index contributed by atoms with van der Waals surface area (Å²) >= 11 is 0. The van der Waals surface area contributed by atoms with Gasteiger partial charge in [-0.1, -0.05) is 39.0 Å². The van der Waals surface area contributed by atoms with E-state index in [1.54, 1.807) is 0 Å². The summed E-state index contributed by atoms with van der Waals surface area (Å²) in [5.41, 5.74) is 3.40. The largest absolute Gasteiger partial charge is 0.393 e. The zero-order valence-corrected chi connectivity index (χ0v) is 13.5. The van der Waals surface area contributed by atoms with Gasteiger partial charge >= 0.3 is 0 Å². The van der Waals surface area contributed by atoms with Crippen molar-refractivity contribution in [3.05, 3.63) is 34.9 Å². The fraction of sp³-hybridized carbons (Fsp3) is 0.684. The Morgan fingerprint density at radius 3 is 2.71 bits per heavy atom. The van der Waals surface area contributed by atoms with Crippen molar-refractivity contribution in [2.75, 3.05) is 6.61 Å². The van der Waals surface area contributed by atoms with Crippen LogP contribution < -0.4 is 0 Å². The maximum absolute atomic E-state index is 10.9. The van der Waals surface area contributed by atoms with Gasteiger partial charge in [0.05, 0.1) is 12.2 Å². The predicted octanol–water partition coefficient (Wildman–Crippen LogP) is 3.54. The van der Waals surface area contributed by atoms with E-state index in [2.05, 4.69) is 39.0 Å². The average Bonchev–Trinajstić information content (AvgIpc) is 2.46. The normalized spacial score (nSPS) is 35.4. The van der Waals surface area contributed by atoms with Gasteiger partial charge in [0.2, 0.25) is 0 Å². The highest BCUT2D eigenvalue weighted by Gasteiger charge is 2.52. The second-order valence-electron chi connectivity index (χ2n) is 7.70. The van der Waals surface area contributed by atoms with E-state index < -0.39 is 5.60 Å². The van der Waals surface area contributed by atoms with Crippen molar-refractivity contribution < 1.29 is 10.2 Å². The third kappa shape index (κ3) is 2.24. The molecule has 2 aliphatic rings. The van der Waals surface area contributed by atoms with Gasteiger partial charge in [-0.2, -0.15) is 0 Å². The number of hydrogen-bond acceptors (Lipinski definition) is 2. The molecule has 0 amide bonds. The molecule has 3 atom stereocenters. The molecule has 0 bridgehead atoms. The molecule has 0 spiro atoms. The Bertz CT molecular complexity index is 536. The van der Waals surface area contributed by atoms with E-state index in [-0.39, 0.29) is 17.9 Å². The molecule has 3 rings (SSSR count). The molecule has 2 nitrogen and oxygen atoms in total. The van der Waals surface area contributed by atoms with Crippen molar-refractivity contribution >= 4 is 0 Å². The van der Waals surface area contributed by atoms with Crippen LogP contribution in [0.5, 0.6) is 0 Å². The lowest BCUT2D eigenvalue weighted by Crippen LogP contribution is -2.56. The van der Waals surface area contributed by atoms with Gasteiger partial charge < -0.3 is 10.2 Å². The van der Waals surface area contributed by atoms with Crippen molar-refractivity contribution in [1.82, 2.24) is 0 Å². The highest BCUT2D eigenvalue weighted by atomic mass is 16.3. The molecule has 1 fully saturated rings. The zero-order chi connectivity index (χ0) is 15.3. The zero-order valence-electron chi connectivity index (χ0n) is 13.5. The van der Waals surface area contributed by atoms with Crippen LogP contribution in [-0.2, 0) is 11.8 Å². The van der Waals surface area contributed by atoms with Gasteiger partial charge in [-0.15, -0.1) is 0 Å². The summed E-state index contributed by atoms with van der Waals surface area (Å²) in [6, 6.07) is 6.91. The van der Waals surface area contributed by atoms with E-state index >= 15 is 0 Å². The van der Waals surface area contributed by atoms with Crippen LogP contribution in [0.15, 0.2) is 18.2 Å². The Balaban J connectivity index is 2.05. The van der Waals surface area contributed by atoms with E-state index in [9.17, 15) is 10.2 Å². The Hall–Kier alpha value is -0.860. The lowest BCUT2D eigenvalue weighted by Gasteiger charge is -2.53. The third-order valence-corrected chi connectivity index (χ3v) is 6.11. The second kappa shape index (κ2) is 5.10. The summed E-state index contributed by atoms with van der Waals surface area (Å²) in [6.45, 7) is 6.66. The number of hydrogen-bond donors (Lipinski definition) is 2. The molecule has 1 saturated carbocycles. The maximum Gasteiger partial charge on any atom is 0.0913 e. The van der Waals surface area contributed by atoms with Gasteiger partial charge in [-0.3, -0.25) is 0 Å². The van der Waals surface area contributed by atoms with Crippen LogP contribution in [0.3, 0.4) is 0 Å². The van der Waals surface area contributed by atoms with Crippen molar-refractivity contribution in [2.45, 2.75) is 69.8 Å². The molecule has 21 heavy (non-hydrogen) atoms. The number of aryl methyl sites for hydroxylation is 1. The van der Waals surface area contributed by atoms with Crippen molar-refractivity contribution in [2.24, 2.45) is 5.92 Å². The molecular formula is C19H28O2. The second-order valence-corrected chi connectivity index (χ2v) is 7.70. The van der Waals surface area contributed by atoms with Crippen LogP contribution in [0, 0.1) is 5.92 Å². The minimum absolute atomic E-state index is 0.0127. The Kier molecular flexibility index (Phi) is 3.66. The summed E-state index contributed by atoms with van der Waals surface area (Å²) < 4.78 is 0. The first-order valence-corrected chi connectivity index (χ1v) is 8.37. The van der Waals surface area contributed by atoms with Gasteiger partial charge in [0.15, 0.2) is 0 Å². The van der Waals surface area contributed by atoms with Gasteiger partial charge in [-0.05, 0) is 66.0 Å². The number of aliphatic hydroxyl groups is 2. The van der Waals surface area contributed by atoms with Crippen LogP contribution in [0.25, 0.3) is 0 Å². The Labute approximate surface area is 128 Å². The molecule has 0 radical (unpaired) electrons. The van der Waals surface area contributed by atoms with Gasteiger partial charge in [-0.25, -0.2) is 0 Å². The molecule has 1 aromatic carbocycles. The van der Waals surface area contributed by atoms with Crippen LogP contribution in [-0.4, -0.2) is 22.4 Å². The molecule has 2 aliphatic carbocycles. The standard InChI is InChI=1S/C19H28O2/c1-13(2)14-5-7-16-15(11-14)6-8-17-18(16,3)9-4-10-19(17,21)12-20/h5,7,11,13,17,20-21H,4,6,8-10,12H2,1-3H3/t17-,18-,19+/m1/s1. The maximum atomic E-state index is 10.9. The smallest absolute Gasteiger partial charge is 0.0913 e. The van der Waals surface area contributed by atoms with Gasteiger partial charge in [0, 0.05) is 0 Å². The predicted molar refractivity (Wildman–Crippen MR) is 85.6 cm³/mol. The van der Waals surface area contributed by atoms with E-state index in [1.807, 2.05) is 0 Å². The lowest BCUT2D eigenvalue weighted by molar-refractivity contribution is -0.118. The monoisotopic (exact) mass is 288 g/mol. The minimum Gasteiger partial charge on any atom is -0.393 e. The third-order valence-electron chi connectivity index (χ3n) is 6.11. The molecule has 0 heterocycles. The summed E-state index contributed by atoms with van der Waals surface area (Å²) in [6.07, 6.45) is 4.87. The summed E-state index contributed by atoms with van der Waals surface area (Å²) in [4.78, 5) is 0. The van der Waals surface area contributed by atoms with Crippen molar-refractivity contribution in [3.63, 3.8) is 0 Å². The summed E-state index contributed by atoms with van der Waals surface area (Å²) in [5.74, 6) is 0.739. The molecule has 0 saturated heterocycles. The first-order chi connectivity index (χ1) is 9.90. The Morgan fingerprint density at radius 2 is 2.05 bits per heavy atom. The molecule has 0 aromatic heterocycles. The minimum atomic E-state index is -0.887. The fourth-order valence-electron chi connectivity index (χ4n) is 4.84. The summed E-state index contributed by atoms with van der Waals surface area (Å²) in [7, 11) is 0. The SMILES string of the molecule is CC(C)c1ccc2c(c1)CC[C@H]1[C@@](O)(CO)CCC[C@]21C. The summed E-state index contributed by atoms with van der Waals surface area (Å²) in [5, 5.41) is 20.6. The van der Waals surface area contributed by atoms with Crippen LogP contribution in [0.4, 0.5) is 0 Å². The van der Waals surface area contributed by atoms with Gasteiger partial charge in [0.25, 0.3) is 0 Å². The number of fused-ring (bicyclic) bond motifs is 3. The molecule has 2 heteroatoms. The van der Waals surface area contributed by atoms with Crippen LogP contribution in [0.2, 0.25) is 0 Å². The molecule has 0 unspecified atom stereocenters. The van der Waals surface area contributed by atoms with E-state index in [1.165, 1.54) is 16.7 Å². The van der Waals surface area contributed by atoms with Gasteiger partial charge in [0.1, 0.15) is 0 Å². The molecular weight excluding hydrogens is 260 g/mol. The lowest BCUT2D eigenvalue weighted by atomic mass is 9.53. The highest BCUT2D eigenvalue weighted by molar-refractivity contribution is 5.42. The fourth-order valence-corrected chi connectivity index (χ4v) is 4.84. The first-order valence-electron chi connectivity index (χ1n) is 8.37. The van der Waals surface area contributed by atoms with E-state index in [0.717, 1.165) is 32.1 Å². The molecule has 116 valence electrons. The molecule has 0 aliphatic heterocycles. The highest BCUT2D eigenvalue weighted by Crippen LogP contribution is 2.53. The number of rotatable bonds is 2. The molecule has 2 N–H and O–H groups in total. The van der Waals surface area contributed by atoms with E-state index in [4.69, 9.17) is 0 Å². The average molecular weight is 288 g/mol. The number of aliphatic hydroxyl groups excluding tert-OH is 1. The topological polar surface area (TPSA) is 40.5 Å². The van der Waals surface area contributed by atoms with E-state index in [0.29, 0.717) is 5.92 Å². The Morgan fingerprint density at radius 1 is 1.29 bits per heavy atom.